The number of hydrogen-bond acceptors (Lipinski definition) is 2. The molecular weight excluding hydrogens is 354 g/mol. The van der Waals surface area contributed by atoms with Gasteiger partial charge in [-0.1, -0.05) is 60.4 Å². The standard InChI is InChI=1S/C27H23NO/c1-3-28(4-2)26-17-14-20(15-18-27(26)29)13-16-25-23-11-7-5-9-21(23)19-22-10-6-8-12-24(22)25/h5-12,14-15,17-19H,3-4H2,1-2H3. The molecule has 0 spiro atoms. The largest absolute Gasteiger partial charge is 0.369 e. The number of anilines is 1. The van der Waals surface area contributed by atoms with E-state index >= 15 is 0 Å². The first kappa shape index (κ1) is 18.8. The lowest BCUT2D eigenvalue weighted by Gasteiger charge is -2.18. The van der Waals surface area contributed by atoms with Crippen molar-refractivity contribution in [2.75, 3.05) is 18.0 Å². The number of nitrogens with zero attached hydrogens (tertiary/aromatic N) is 1. The van der Waals surface area contributed by atoms with Crippen LogP contribution in [0.3, 0.4) is 0 Å². The Bertz CT molecular complexity index is 1250. The van der Waals surface area contributed by atoms with E-state index in [-0.39, 0.29) is 5.43 Å². The molecule has 0 aromatic heterocycles. The van der Waals surface area contributed by atoms with Crippen molar-refractivity contribution in [2.24, 2.45) is 0 Å². The first-order chi connectivity index (χ1) is 14.2. The highest BCUT2D eigenvalue weighted by Gasteiger charge is 2.06. The molecule has 0 atom stereocenters. The zero-order chi connectivity index (χ0) is 20.2. The molecule has 0 fully saturated rings. The van der Waals surface area contributed by atoms with Gasteiger partial charge in [-0.25, -0.2) is 0 Å². The predicted octanol–water partition coefficient (Wildman–Crippen LogP) is 5.60. The zero-order valence-electron chi connectivity index (χ0n) is 16.8. The lowest BCUT2D eigenvalue weighted by atomic mass is 9.97. The minimum absolute atomic E-state index is 0.0253. The summed E-state index contributed by atoms with van der Waals surface area (Å²) in [5.74, 6) is 6.68. The van der Waals surface area contributed by atoms with Crippen LogP contribution >= 0.6 is 0 Å². The molecule has 4 aromatic carbocycles. The van der Waals surface area contributed by atoms with Gasteiger partial charge in [-0.2, -0.15) is 0 Å². The fourth-order valence-electron chi connectivity index (χ4n) is 3.75. The summed E-state index contributed by atoms with van der Waals surface area (Å²) < 4.78 is 0. The lowest BCUT2D eigenvalue weighted by molar-refractivity contribution is 0.863. The van der Waals surface area contributed by atoms with Crippen molar-refractivity contribution < 1.29 is 0 Å². The van der Waals surface area contributed by atoms with E-state index in [9.17, 15) is 4.79 Å². The molecule has 0 radical (unpaired) electrons. The van der Waals surface area contributed by atoms with Crippen LogP contribution in [0.1, 0.15) is 25.0 Å². The molecule has 0 N–H and O–H groups in total. The van der Waals surface area contributed by atoms with Crippen LogP contribution < -0.4 is 10.3 Å². The molecule has 0 aliphatic heterocycles. The van der Waals surface area contributed by atoms with Gasteiger partial charge in [-0.05, 0) is 65.7 Å². The number of benzene rings is 3. The van der Waals surface area contributed by atoms with Gasteiger partial charge in [0.2, 0.25) is 5.43 Å². The number of fused-ring (bicyclic) bond motifs is 2. The van der Waals surface area contributed by atoms with E-state index in [1.807, 2.05) is 30.3 Å². The van der Waals surface area contributed by atoms with E-state index in [4.69, 9.17) is 0 Å². The van der Waals surface area contributed by atoms with Gasteiger partial charge in [0.1, 0.15) is 0 Å². The molecule has 0 saturated carbocycles. The Labute approximate surface area is 171 Å². The highest BCUT2D eigenvalue weighted by Crippen LogP contribution is 2.27. The first-order valence-corrected chi connectivity index (χ1v) is 10.0. The Kier molecular flexibility index (Phi) is 5.31. The van der Waals surface area contributed by atoms with E-state index in [2.05, 4.69) is 73.1 Å². The van der Waals surface area contributed by atoms with Crippen LogP contribution in [0.15, 0.2) is 83.7 Å². The van der Waals surface area contributed by atoms with Crippen LogP contribution in [0.25, 0.3) is 21.5 Å². The Morgan fingerprint density at radius 1 is 0.724 bits per heavy atom. The van der Waals surface area contributed by atoms with E-state index in [0.29, 0.717) is 0 Å². The molecule has 0 unspecified atom stereocenters. The van der Waals surface area contributed by atoms with Gasteiger partial charge in [0.05, 0.1) is 5.69 Å². The van der Waals surface area contributed by atoms with Crippen LogP contribution in [0.4, 0.5) is 5.69 Å². The van der Waals surface area contributed by atoms with Crippen molar-refractivity contribution in [1.82, 2.24) is 0 Å². The maximum absolute atomic E-state index is 12.5. The van der Waals surface area contributed by atoms with E-state index in [1.54, 1.807) is 6.07 Å². The minimum atomic E-state index is 0.0253. The summed E-state index contributed by atoms with van der Waals surface area (Å²) in [6.45, 7) is 5.72. The lowest BCUT2D eigenvalue weighted by Crippen LogP contribution is -2.26. The van der Waals surface area contributed by atoms with Crippen LogP contribution in [0.2, 0.25) is 0 Å². The second kappa shape index (κ2) is 8.20. The van der Waals surface area contributed by atoms with Gasteiger partial charge in [0.15, 0.2) is 0 Å². The maximum atomic E-state index is 12.5. The molecule has 142 valence electrons. The summed E-state index contributed by atoms with van der Waals surface area (Å²) >= 11 is 0. The average molecular weight is 377 g/mol. The summed E-state index contributed by atoms with van der Waals surface area (Å²) in [4.78, 5) is 14.5. The van der Waals surface area contributed by atoms with Crippen molar-refractivity contribution in [3.05, 3.63) is 100 Å². The second-order valence-corrected chi connectivity index (χ2v) is 6.99. The third kappa shape index (κ3) is 3.73. The van der Waals surface area contributed by atoms with Gasteiger partial charge in [-0.15, -0.1) is 0 Å². The van der Waals surface area contributed by atoms with Crippen molar-refractivity contribution in [3.63, 3.8) is 0 Å². The van der Waals surface area contributed by atoms with Crippen LogP contribution in [-0.2, 0) is 0 Å². The number of rotatable bonds is 3. The molecule has 4 aromatic rings. The molecule has 0 heterocycles. The minimum Gasteiger partial charge on any atom is -0.369 e. The van der Waals surface area contributed by atoms with Crippen molar-refractivity contribution >= 4 is 27.2 Å². The van der Waals surface area contributed by atoms with Gasteiger partial charge >= 0.3 is 0 Å². The molecular formula is C27H23NO. The van der Waals surface area contributed by atoms with Gasteiger partial charge in [-0.3, -0.25) is 4.79 Å². The Hall–Kier alpha value is -3.57. The highest BCUT2D eigenvalue weighted by atomic mass is 16.1. The Morgan fingerprint density at radius 2 is 1.31 bits per heavy atom. The van der Waals surface area contributed by atoms with Crippen molar-refractivity contribution in [1.29, 1.82) is 0 Å². The SMILES string of the molecule is CCN(CC)c1ccc(C#Cc2c3ccccc3cc3ccccc23)ccc1=O. The zero-order valence-corrected chi connectivity index (χ0v) is 16.8. The van der Waals surface area contributed by atoms with Crippen LogP contribution in [0, 0.1) is 11.8 Å². The molecule has 0 bridgehead atoms. The molecule has 2 nitrogen and oxygen atoms in total. The molecule has 0 saturated heterocycles. The molecule has 0 amide bonds. The van der Waals surface area contributed by atoms with Crippen molar-refractivity contribution in [2.45, 2.75) is 13.8 Å². The van der Waals surface area contributed by atoms with Crippen LogP contribution in [-0.4, -0.2) is 13.1 Å². The quantitative estimate of drug-likeness (QED) is 0.342. The normalized spacial score (nSPS) is 10.6. The Balaban J connectivity index is 1.87. The Morgan fingerprint density at radius 3 is 1.93 bits per heavy atom. The molecule has 4 rings (SSSR count). The molecule has 2 heteroatoms. The summed E-state index contributed by atoms with van der Waals surface area (Å²) in [5.41, 5.74) is 2.60. The highest BCUT2D eigenvalue weighted by molar-refractivity contribution is 6.04. The monoisotopic (exact) mass is 377 g/mol. The fourth-order valence-corrected chi connectivity index (χ4v) is 3.75. The summed E-state index contributed by atoms with van der Waals surface area (Å²) in [5, 5.41) is 4.65. The first-order valence-electron chi connectivity index (χ1n) is 10.0. The predicted molar refractivity (Wildman–Crippen MR) is 124 cm³/mol. The van der Waals surface area contributed by atoms with E-state index < -0.39 is 0 Å². The van der Waals surface area contributed by atoms with Crippen molar-refractivity contribution in [3.8, 4) is 11.8 Å². The summed E-state index contributed by atoms with van der Waals surface area (Å²) in [7, 11) is 0. The topological polar surface area (TPSA) is 20.3 Å². The summed E-state index contributed by atoms with van der Waals surface area (Å²) in [6.07, 6.45) is 0. The smallest absolute Gasteiger partial charge is 0.201 e. The van der Waals surface area contributed by atoms with E-state index in [0.717, 1.165) is 40.7 Å². The van der Waals surface area contributed by atoms with Crippen LogP contribution in [0.5, 0.6) is 0 Å². The van der Waals surface area contributed by atoms with Gasteiger partial charge in [0, 0.05) is 24.2 Å². The van der Waals surface area contributed by atoms with E-state index in [1.165, 1.54) is 10.8 Å². The average Bonchev–Trinajstić information content (AvgIpc) is 2.94. The molecule has 0 aliphatic carbocycles. The maximum Gasteiger partial charge on any atom is 0.201 e. The summed E-state index contributed by atoms with van der Waals surface area (Å²) in [6, 6.07) is 26.1. The third-order valence-corrected chi connectivity index (χ3v) is 5.29. The molecule has 29 heavy (non-hydrogen) atoms. The number of hydrogen-bond donors (Lipinski definition) is 0. The van der Waals surface area contributed by atoms with Gasteiger partial charge in [0.25, 0.3) is 0 Å². The fraction of sp³-hybridized carbons (Fsp3) is 0.148. The third-order valence-electron chi connectivity index (χ3n) is 5.29. The second-order valence-electron chi connectivity index (χ2n) is 6.99. The van der Waals surface area contributed by atoms with Gasteiger partial charge < -0.3 is 4.90 Å². The molecule has 0 aliphatic rings.